The first-order chi connectivity index (χ1) is 13.7. The number of benzene rings is 1. The Morgan fingerprint density at radius 2 is 2.14 bits per heavy atom. The average molecular weight is 395 g/mol. The zero-order valence-electron chi connectivity index (χ0n) is 15.7. The van der Waals surface area contributed by atoms with Gasteiger partial charge in [0.2, 0.25) is 5.91 Å². The van der Waals surface area contributed by atoms with Gasteiger partial charge in [0.05, 0.1) is 17.2 Å². The molecule has 28 heavy (non-hydrogen) atoms. The van der Waals surface area contributed by atoms with E-state index in [-0.39, 0.29) is 23.3 Å². The number of rotatable bonds is 5. The van der Waals surface area contributed by atoms with Gasteiger partial charge in [-0.15, -0.1) is 0 Å². The molecule has 144 valence electrons. The van der Waals surface area contributed by atoms with E-state index < -0.39 is 0 Å². The molecule has 2 aromatic heterocycles. The van der Waals surface area contributed by atoms with Crippen LogP contribution in [0.25, 0.3) is 11.0 Å². The first-order valence-corrected chi connectivity index (χ1v) is 10.5. The quantitative estimate of drug-likeness (QED) is 0.532. The lowest BCUT2D eigenvalue weighted by molar-refractivity contribution is -0.119. The van der Waals surface area contributed by atoms with Gasteiger partial charge in [-0.2, -0.15) is 0 Å². The van der Waals surface area contributed by atoms with E-state index in [1.807, 2.05) is 19.1 Å². The van der Waals surface area contributed by atoms with Gasteiger partial charge in [0, 0.05) is 12.7 Å². The van der Waals surface area contributed by atoms with Crippen molar-refractivity contribution >= 4 is 28.7 Å². The molecule has 0 spiro atoms. The second kappa shape index (κ2) is 8.14. The zero-order valence-corrected chi connectivity index (χ0v) is 16.5. The molecule has 2 heterocycles. The number of carbonyl (C=O) groups excluding carboxylic acids is 1. The van der Waals surface area contributed by atoms with E-state index in [0.717, 1.165) is 19.3 Å². The van der Waals surface area contributed by atoms with Crippen molar-refractivity contribution in [1.82, 2.24) is 19.9 Å². The summed E-state index contributed by atoms with van der Waals surface area (Å²) in [6.45, 7) is 2.39. The molecule has 7 heteroatoms. The van der Waals surface area contributed by atoms with Crippen LogP contribution in [0.1, 0.15) is 36.9 Å². The average Bonchev–Trinajstić information content (AvgIpc) is 2.73. The van der Waals surface area contributed by atoms with Crippen LogP contribution in [0.3, 0.4) is 0 Å². The minimum absolute atomic E-state index is 0.0512. The number of carbonyl (C=O) groups is 1. The summed E-state index contributed by atoms with van der Waals surface area (Å²) < 4.78 is 1.60. The Hall–Kier alpha value is -2.67. The van der Waals surface area contributed by atoms with Crippen LogP contribution in [0.2, 0.25) is 0 Å². The molecule has 0 fully saturated rings. The SMILES string of the molecule is CCn1c(SCC(=O)NC2CCCc3ccccc32)nc2ncccc2c1=O. The summed E-state index contributed by atoms with van der Waals surface area (Å²) in [6, 6.07) is 11.8. The Kier molecular flexibility index (Phi) is 5.43. The monoisotopic (exact) mass is 394 g/mol. The molecule has 1 aromatic carbocycles. The van der Waals surface area contributed by atoms with Gasteiger partial charge in [-0.05, 0) is 49.4 Å². The van der Waals surface area contributed by atoms with Gasteiger partial charge in [0.1, 0.15) is 0 Å². The van der Waals surface area contributed by atoms with Crippen LogP contribution >= 0.6 is 11.8 Å². The number of fused-ring (bicyclic) bond motifs is 2. The Bertz CT molecular complexity index is 1080. The molecule has 0 radical (unpaired) electrons. The highest BCUT2D eigenvalue weighted by Crippen LogP contribution is 2.29. The smallest absolute Gasteiger partial charge is 0.263 e. The molecule has 0 bridgehead atoms. The summed E-state index contributed by atoms with van der Waals surface area (Å²) in [6.07, 6.45) is 4.70. The van der Waals surface area contributed by atoms with Crippen molar-refractivity contribution in [3.63, 3.8) is 0 Å². The molecule has 6 nitrogen and oxygen atoms in total. The second-order valence-electron chi connectivity index (χ2n) is 6.82. The third-order valence-electron chi connectivity index (χ3n) is 5.05. The number of pyridine rings is 1. The molecule has 1 unspecified atom stereocenters. The van der Waals surface area contributed by atoms with E-state index in [4.69, 9.17) is 0 Å². The number of nitrogens with one attached hydrogen (secondary N) is 1. The largest absolute Gasteiger partial charge is 0.349 e. The molecular formula is C21H22N4O2S. The fourth-order valence-electron chi connectivity index (χ4n) is 3.70. The van der Waals surface area contributed by atoms with Crippen LogP contribution < -0.4 is 10.9 Å². The predicted octanol–water partition coefficient (Wildman–Crippen LogP) is 3.10. The van der Waals surface area contributed by atoms with Crippen molar-refractivity contribution in [1.29, 1.82) is 0 Å². The molecule has 3 aromatic rings. The molecule has 1 amide bonds. The summed E-state index contributed by atoms with van der Waals surface area (Å²) in [7, 11) is 0. The van der Waals surface area contributed by atoms with Crippen LogP contribution in [-0.2, 0) is 17.8 Å². The maximum Gasteiger partial charge on any atom is 0.263 e. The van der Waals surface area contributed by atoms with Crippen LogP contribution in [0.4, 0.5) is 0 Å². The third-order valence-corrected chi connectivity index (χ3v) is 6.02. The van der Waals surface area contributed by atoms with E-state index in [9.17, 15) is 9.59 Å². The van der Waals surface area contributed by atoms with E-state index in [1.54, 1.807) is 22.9 Å². The Morgan fingerprint density at radius 3 is 3.00 bits per heavy atom. The molecule has 0 saturated heterocycles. The van der Waals surface area contributed by atoms with Gasteiger partial charge in [-0.1, -0.05) is 36.0 Å². The van der Waals surface area contributed by atoms with Gasteiger partial charge in [0.15, 0.2) is 10.8 Å². The number of aryl methyl sites for hydroxylation is 1. The van der Waals surface area contributed by atoms with E-state index >= 15 is 0 Å². The molecular weight excluding hydrogens is 372 g/mol. The van der Waals surface area contributed by atoms with Gasteiger partial charge >= 0.3 is 0 Å². The molecule has 1 atom stereocenters. The topological polar surface area (TPSA) is 76.9 Å². The summed E-state index contributed by atoms with van der Waals surface area (Å²) in [5.41, 5.74) is 2.82. The van der Waals surface area contributed by atoms with Gasteiger partial charge in [-0.25, -0.2) is 9.97 Å². The fourth-order valence-corrected chi connectivity index (χ4v) is 4.56. The lowest BCUT2D eigenvalue weighted by Gasteiger charge is -2.26. The van der Waals surface area contributed by atoms with Gasteiger partial charge in [0.25, 0.3) is 5.56 Å². The molecule has 0 saturated carbocycles. The lowest BCUT2D eigenvalue weighted by Crippen LogP contribution is -2.32. The van der Waals surface area contributed by atoms with Crippen LogP contribution in [0.5, 0.6) is 0 Å². The maximum atomic E-state index is 12.6. The number of aromatic nitrogens is 3. The predicted molar refractivity (Wildman–Crippen MR) is 110 cm³/mol. The number of amides is 1. The van der Waals surface area contributed by atoms with Crippen LogP contribution in [0.15, 0.2) is 52.5 Å². The minimum Gasteiger partial charge on any atom is -0.349 e. The van der Waals surface area contributed by atoms with Gasteiger partial charge < -0.3 is 5.32 Å². The minimum atomic E-state index is -0.121. The summed E-state index contributed by atoms with van der Waals surface area (Å²) in [5, 5.41) is 4.17. The molecule has 4 rings (SSSR count). The molecule has 1 aliphatic rings. The second-order valence-corrected chi connectivity index (χ2v) is 7.76. The van der Waals surface area contributed by atoms with E-state index in [2.05, 4.69) is 27.4 Å². The van der Waals surface area contributed by atoms with Crippen LogP contribution in [0, 0.1) is 0 Å². The summed E-state index contributed by atoms with van der Waals surface area (Å²) >= 11 is 1.28. The van der Waals surface area contributed by atoms with Crippen molar-refractivity contribution in [2.75, 3.05) is 5.75 Å². The standard InChI is InChI=1S/C21H22N4O2S/c1-2-25-20(27)16-10-6-12-22-19(16)24-21(25)28-13-18(26)23-17-11-5-8-14-7-3-4-9-15(14)17/h3-4,6-7,9-10,12,17H,2,5,8,11,13H2,1H3,(H,23,26). The molecule has 0 aliphatic heterocycles. The van der Waals surface area contributed by atoms with E-state index in [0.29, 0.717) is 22.7 Å². The summed E-state index contributed by atoms with van der Waals surface area (Å²) in [5.74, 6) is 0.161. The Labute approximate surface area is 167 Å². The van der Waals surface area contributed by atoms with E-state index in [1.165, 1.54) is 22.9 Å². The summed E-state index contributed by atoms with van der Waals surface area (Å²) in [4.78, 5) is 33.9. The van der Waals surface area contributed by atoms with Crippen LogP contribution in [-0.4, -0.2) is 26.2 Å². The lowest BCUT2D eigenvalue weighted by atomic mass is 9.88. The van der Waals surface area contributed by atoms with Gasteiger partial charge in [-0.3, -0.25) is 14.2 Å². The number of thioether (sulfide) groups is 1. The molecule has 1 aliphatic carbocycles. The van der Waals surface area contributed by atoms with Crippen molar-refractivity contribution in [2.45, 2.75) is 43.9 Å². The highest BCUT2D eigenvalue weighted by molar-refractivity contribution is 7.99. The first kappa shape index (κ1) is 18.7. The highest BCUT2D eigenvalue weighted by Gasteiger charge is 2.21. The normalized spacial score (nSPS) is 16.0. The number of hydrogen-bond acceptors (Lipinski definition) is 5. The first-order valence-electron chi connectivity index (χ1n) is 9.53. The van der Waals surface area contributed by atoms with Crippen molar-refractivity contribution in [2.24, 2.45) is 0 Å². The number of hydrogen-bond donors (Lipinski definition) is 1. The Morgan fingerprint density at radius 1 is 1.29 bits per heavy atom. The molecule has 1 N–H and O–H groups in total. The van der Waals surface area contributed by atoms with Crippen molar-refractivity contribution in [3.8, 4) is 0 Å². The fraction of sp³-hybridized carbons (Fsp3) is 0.333. The zero-order chi connectivity index (χ0) is 19.5. The van der Waals surface area contributed by atoms with Crippen molar-refractivity contribution < 1.29 is 4.79 Å². The highest BCUT2D eigenvalue weighted by atomic mass is 32.2. The number of nitrogens with zero attached hydrogens (tertiary/aromatic N) is 3. The maximum absolute atomic E-state index is 12.6. The third kappa shape index (κ3) is 3.67. The van der Waals surface area contributed by atoms with Crippen molar-refractivity contribution in [3.05, 3.63) is 64.1 Å². The Balaban J connectivity index is 1.49.